The Morgan fingerprint density at radius 1 is 1.33 bits per heavy atom. The highest BCUT2D eigenvalue weighted by Crippen LogP contribution is 2.24. The number of hydrogen-bond donors (Lipinski definition) is 0. The van der Waals surface area contributed by atoms with Gasteiger partial charge >= 0.3 is 0 Å². The summed E-state index contributed by atoms with van der Waals surface area (Å²) in [6.45, 7) is 6.05. The number of aromatic nitrogens is 1. The van der Waals surface area contributed by atoms with Crippen molar-refractivity contribution in [3.05, 3.63) is 34.2 Å². The van der Waals surface area contributed by atoms with Gasteiger partial charge in [-0.15, -0.1) is 0 Å². The van der Waals surface area contributed by atoms with E-state index in [2.05, 4.69) is 0 Å². The predicted molar refractivity (Wildman–Crippen MR) is 69.6 cm³/mol. The van der Waals surface area contributed by atoms with Gasteiger partial charge in [-0.1, -0.05) is 0 Å². The molecule has 1 saturated heterocycles. The molecular weight excluding hydrogens is 230 g/mol. The van der Waals surface area contributed by atoms with E-state index in [9.17, 15) is 4.79 Å². The van der Waals surface area contributed by atoms with Gasteiger partial charge in [-0.05, 0) is 38.3 Å². The Morgan fingerprint density at radius 3 is 2.72 bits per heavy atom. The van der Waals surface area contributed by atoms with Gasteiger partial charge in [0.2, 0.25) is 0 Å². The van der Waals surface area contributed by atoms with E-state index in [-0.39, 0.29) is 5.56 Å². The van der Waals surface area contributed by atoms with Crippen molar-refractivity contribution in [2.45, 2.75) is 45.4 Å². The second-order valence-corrected chi connectivity index (χ2v) is 5.02. The van der Waals surface area contributed by atoms with E-state index >= 15 is 0 Å². The Labute approximate surface area is 108 Å². The zero-order valence-corrected chi connectivity index (χ0v) is 11.1. The SMILES string of the molecule is Cc1ccn(CCCCC2(C)OCCO2)c(=O)c1. The van der Waals surface area contributed by atoms with E-state index in [1.807, 2.05) is 26.1 Å². The lowest BCUT2D eigenvalue weighted by atomic mass is 10.1. The normalized spacial score (nSPS) is 18.1. The monoisotopic (exact) mass is 251 g/mol. The smallest absolute Gasteiger partial charge is 0.250 e. The number of hydrogen-bond acceptors (Lipinski definition) is 3. The molecule has 2 rings (SSSR count). The molecule has 0 amide bonds. The topological polar surface area (TPSA) is 40.5 Å². The second kappa shape index (κ2) is 5.67. The summed E-state index contributed by atoms with van der Waals surface area (Å²) in [7, 11) is 0. The first-order valence-corrected chi connectivity index (χ1v) is 6.54. The molecule has 0 aromatic carbocycles. The number of nitrogens with zero attached hydrogens (tertiary/aromatic N) is 1. The zero-order chi connectivity index (χ0) is 13.0. The van der Waals surface area contributed by atoms with Crippen LogP contribution in [0.5, 0.6) is 0 Å². The molecule has 1 aliphatic heterocycles. The summed E-state index contributed by atoms with van der Waals surface area (Å²) < 4.78 is 12.8. The molecule has 0 radical (unpaired) electrons. The molecule has 1 aromatic rings. The van der Waals surface area contributed by atoms with Gasteiger partial charge in [-0.2, -0.15) is 0 Å². The highest BCUT2D eigenvalue weighted by molar-refractivity contribution is 5.07. The molecule has 1 aliphatic rings. The van der Waals surface area contributed by atoms with Gasteiger partial charge in [-0.3, -0.25) is 4.79 Å². The molecule has 1 fully saturated rings. The average molecular weight is 251 g/mol. The van der Waals surface area contributed by atoms with Crippen molar-refractivity contribution in [2.24, 2.45) is 0 Å². The molecular formula is C14H21NO3. The molecule has 0 unspecified atom stereocenters. The number of unbranched alkanes of at least 4 members (excludes halogenated alkanes) is 1. The highest BCUT2D eigenvalue weighted by atomic mass is 16.7. The number of rotatable bonds is 5. The van der Waals surface area contributed by atoms with Crippen LogP contribution < -0.4 is 5.56 Å². The third-order valence-corrected chi connectivity index (χ3v) is 3.33. The van der Waals surface area contributed by atoms with Crippen LogP contribution in [0.15, 0.2) is 23.1 Å². The summed E-state index contributed by atoms with van der Waals surface area (Å²) in [5.41, 5.74) is 1.09. The number of pyridine rings is 1. The van der Waals surface area contributed by atoms with Crippen LogP contribution in [0.1, 0.15) is 31.7 Å². The summed E-state index contributed by atoms with van der Waals surface area (Å²) in [4.78, 5) is 11.7. The standard InChI is InChI=1S/C14H21NO3/c1-12-5-8-15(13(16)11-12)7-4-3-6-14(2)17-9-10-18-14/h5,8,11H,3-4,6-7,9-10H2,1-2H3. The van der Waals surface area contributed by atoms with Crippen LogP contribution in [0.4, 0.5) is 0 Å². The Kier molecular flexibility index (Phi) is 4.19. The van der Waals surface area contributed by atoms with E-state index in [0.717, 1.165) is 31.4 Å². The molecule has 0 bridgehead atoms. The lowest BCUT2D eigenvalue weighted by molar-refractivity contribution is -0.147. The van der Waals surface area contributed by atoms with Crippen LogP contribution in [-0.2, 0) is 16.0 Å². The van der Waals surface area contributed by atoms with Crippen molar-refractivity contribution in [1.82, 2.24) is 4.57 Å². The molecule has 0 N–H and O–H groups in total. The summed E-state index contributed by atoms with van der Waals surface area (Å²) in [5, 5.41) is 0. The van der Waals surface area contributed by atoms with Gasteiger partial charge < -0.3 is 14.0 Å². The molecule has 0 aliphatic carbocycles. The number of aryl methyl sites for hydroxylation is 2. The maximum atomic E-state index is 11.7. The lowest BCUT2D eigenvalue weighted by Gasteiger charge is -2.21. The van der Waals surface area contributed by atoms with Crippen LogP contribution in [0, 0.1) is 6.92 Å². The molecule has 0 spiro atoms. The summed E-state index contributed by atoms with van der Waals surface area (Å²) >= 11 is 0. The first-order valence-electron chi connectivity index (χ1n) is 6.54. The molecule has 18 heavy (non-hydrogen) atoms. The van der Waals surface area contributed by atoms with Crippen LogP contribution in [-0.4, -0.2) is 23.6 Å². The Balaban J connectivity index is 1.77. The molecule has 0 atom stereocenters. The van der Waals surface area contributed by atoms with Gasteiger partial charge in [-0.25, -0.2) is 0 Å². The Morgan fingerprint density at radius 2 is 2.06 bits per heavy atom. The fraction of sp³-hybridized carbons (Fsp3) is 0.643. The third-order valence-electron chi connectivity index (χ3n) is 3.33. The van der Waals surface area contributed by atoms with Gasteiger partial charge in [0.1, 0.15) is 0 Å². The predicted octanol–water partition coefficient (Wildman–Crippen LogP) is 2.09. The van der Waals surface area contributed by atoms with Gasteiger partial charge in [0.05, 0.1) is 13.2 Å². The van der Waals surface area contributed by atoms with E-state index in [1.54, 1.807) is 10.6 Å². The van der Waals surface area contributed by atoms with Gasteiger partial charge in [0, 0.05) is 25.2 Å². The van der Waals surface area contributed by atoms with Crippen molar-refractivity contribution < 1.29 is 9.47 Å². The van der Waals surface area contributed by atoms with Crippen molar-refractivity contribution >= 4 is 0 Å². The molecule has 0 saturated carbocycles. The van der Waals surface area contributed by atoms with Crippen molar-refractivity contribution in [3.8, 4) is 0 Å². The molecule has 1 aromatic heterocycles. The fourth-order valence-corrected chi connectivity index (χ4v) is 2.22. The largest absolute Gasteiger partial charge is 0.348 e. The zero-order valence-electron chi connectivity index (χ0n) is 11.1. The second-order valence-electron chi connectivity index (χ2n) is 5.02. The maximum Gasteiger partial charge on any atom is 0.250 e. The average Bonchev–Trinajstić information content (AvgIpc) is 2.74. The van der Waals surface area contributed by atoms with Gasteiger partial charge in [0.25, 0.3) is 5.56 Å². The summed E-state index contributed by atoms with van der Waals surface area (Å²) in [6, 6.07) is 3.64. The quantitative estimate of drug-likeness (QED) is 0.752. The minimum Gasteiger partial charge on any atom is -0.348 e. The molecule has 2 heterocycles. The van der Waals surface area contributed by atoms with Crippen LogP contribution in [0.25, 0.3) is 0 Å². The highest BCUT2D eigenvalue weighted by Gasteiger charge is 2.29. The fourth-order valence-electron chi connectivity index (χ4n) is 2.22. The summed E-state index contributed by atoms with van der Waals surface area (Å²) in [6.07, 6.45) is 4.71. The maximum absolute atomic E-state index is 11.7. The Hall–Kier alpha value is -1.13. The number of ether oxygens (including phenoxy) is 2. The minimum absolute atomic E-state index is 0.0783. The third kappa shape index (κ3) is 3.43. The van der Waals surface area contributed by atoms with E-state index in [1.165, 1.54) is 0 Å². The van der Waals surface area contributed by atoms with E-state index in [4.69, 9.17) is 9.47 Å². The molecule has 4 heteroatoms. The van der Waals surface area contributed by atoms with Crippen LogP contribution in [0.2, 0.25) is 0 Å². The molecule has 100 valence electrons. The minimum atomic E-state index is -0.405. The van der Waals surface area contributed by atoms with E-state index < -0.39 is 5.79 Å². The van der Waals surface area contributed by atoms with Gasteiger partial charge in [0.15, 0.2) is 5.79 Å². The van der Waals surface area contributed by atoms with Crippen molar-refractivity contribution in [1.29, 1.82) is 0 Å². The first-order chi connectivity index (χ1) is 8.59. The first kappa shape index (κ1) is 13.3. The lowest BCUT2D eigenvalue weighted by Crippen LogP contribution is -2.25. The summed E-state index contributed by atoms with van der Waals surface area (Å²) in [5.74, 6) is -0.405. The molecule has 4 nitrogen and oxygen atoms in total. The van der Waals surface area contributed by atoms with E-state index in [0.29, 0.717) is 13.2 Å². The van der Waals surface area contributed by atoms with Crippen LogP contribution in [0.3, 0.4) is 0 Å². The van der Waals surface area contributed by atoms with Crippen molar-refractivity contribution in [3.63, 3.8) is 0 Å². The van der Waals surface area contributed by atoms with Crippen LogP contribution >= 0.6 is 0 Å². The van der Waals surface area contributed by atoms with Crippen molar-refractivity contribution in [2.75, 3.05) is 13.2 Å². The Bertz CT molecular complexity index is 447.